The molecule has 0 bridgehead atoms. The molecule has 1 aromatic carbocycles. The summed E-state index contributed by atoms with van der Waals surface area (Å²) >= 11 is 10.4. The molecule has 2 nitrogen and oxygen atoms in total. The van der Waals surface area contributed by atoms with Gasteiger partial charge in [0.2, 0.25) is 0 Å². The predicted molar refractivity (Wildman–Crippen MR) is 58.3 cm³/mol. The van der Waals surface area contributed by atoms with E-state index in [1.807, 2.05) is 12.1 Å². The number of hydrogen-bond acceptors (Lipinski definition) is 2. The molecule has 0 saturated heterocycles. The van der Waals surface area contributed by atoms with Crippen LogP contribution in [0.15, 0.2) is 24.3 Å². The summed E-state index contributed by atoms with van der Waals surface area (Å²) in [5, 5.41) is 0.696. The monoisotopic (exact) mass is 215 g/mol. The Morgan fingerprint density at radius 3 is 2.54 bits per heavy atom. The van der Waals surface area contributed by atoms with Crippen molar-refractivity contribution in [2.24, 2.45) is 5.73 Å². The molecule has 0 amide bonds. The summed E-state index contributed by atoms with van der Waals surface area (Å²) in [6.45, 7) is 0.511. The van der Waals surface area contributed by atoms with Crippen molar-refractivity contribution < 1.29 is 4.74 Å². The highest BCUT2D eigenvalue weighted by Crippen LogP contribution is 2.15. The van der Waals surface area contributed by atoms with Crippen molar-refractivity contribution >= 4 is 28.8 Å². The van der Waals surface area contributed by atoms with Crippen LogP contribution in [0.25, 0.3) is 0 Å². The van der Waals surface area contributed by atoms with Gasteiger partial charge in [-0.25, -0.2) is 0 Å². The second-order valence-electron chi connectivity index (χ2n) is 2.52. The Bertz CT molecular complexity index is 286. The minimum absolute atomic E-state index is 0.467. The average Bonchev–Trinajstić information content (AvgIpc) is 2.08. The van der Waals surface area contributed by atoms with Gasteiger partial charge in [-0.15, -0.1) is 0 Å². The van der Waals surface area contributed by atoms with Crippen LogP contribution in [0.5, 0.6) is 5.75 Å². The van der Waals surface area contributed by atoms with E-state index in [1.165, 1.54) is 0 Å². The van der Waals surface area contributed by atoms with Crippen LogP contribution in [0.1, 0.15) is 6.42 Å². The molecule has 0 aliphatic carbocycles. The first kappa shape index (κ1) is 10.3. The van der Waals surface area contributed by atoms with E-state index in [4.69, 9.17) is 34.3 Å². The van der Waals surface area contributed by atoms with Gasteiger partial charge in [-0.05, 0) is 24.3 Å². The van der Waals surface area contributed by atoms with Crippen molar-refractivity contribution in [2.75, 3.05) is 6.61 Å². The van der Waals surface area contributed by atoms with E-state index in [-0.39, 0.29) is 0 Å². The van der Waals surface area contributed by atoms with Gasteiger partial charge in [0.1, 0.15) is 5.75 Å². The van der Waals surface area contributed by atoms with Crippen LogP contribution >= 0.6 is 23.8 Å². The van der Waals surface area contributed by atoms with Crippen LogP contribution < -0.4 is 10.5 Å². The minimum Gasteiger partial charge on any atom is -0.493 e. The molecule has 0 heterocycles. The number of thiocarbonyl (C=S) groups is 1. The fourth-order valence-corrected chi connectivity index (χ4v) is 1.01. The van der Waals surface area contributed by atoms with Crippen LogP contribution in [0.3, 0.4) is 0 Å². The van der Waals surface area contributed by atoms with Crippen LogP contribution in [-0.2, 0) is 0 Å². The predicted octanol–water partition coefficient (Wildman–Crippen LogP) is 2.40. The molecule has 70 valence electrons. The number of hydrogen-bond donors (Lipinski definition) is 1. The number of halogens is 1. The Morgan fingerprint density at radius 1 is 1.38 bits per heavy atom. The molecule has 0 fully saturated rings. The van der Waals surface area contributed by atoms with E-state index in [2.05, 4.69) is 0 Å². The van der Waals surface area contributed by atoms with Crippen LogP contribution in [0, 0.1) is 0 Å². The van der Waals surface area contributed by atoms with Gasteiger partial charge in [0.05, 0.1) is 11.6 Å². The maximum absolute atomic E-state index is 5.70. The number of ether oxygens (including phenoxy) is 1. The number of benzene rings is 1. The highest BCUT2D eigenvalue weighted by atomic mass is 35.5. The Hall–Kier alpha value is -0.800. The van der Waals surface area contributed by atoms with Crippen molar-refractivity contribution in [1.82, 2.24) is 0 Å². The lowest BCUT2D eigenvalue weighted by Crippen LogP contribution is -2.12. The zero-order chi connectivity index (χ0) is 9.68. The van der Waals surface area contributed by atoms with Crippen molar-refractivity contribution in [3.05, 3.63) is 29.3 Å². The summed E-state index contributed by atoms with van der Waals surface area (Å²) in [7, 11) is 0. The zero-order valence-corrected chi connectivity index (χ0v) is 8.57. The van der Waals surface area contributed by atoms with Gasteiger partial charge in [0.15, 0.2) is 0 Å². The third-order valence-corrected chi connectivity index (χ3v) is 1.89. The van der Waals surface area contributed by atoms with Gasteiger partial charge in [-0.1, -0.05) is 23.8 Å². The Labute approximate surface area is 87.6 Å². The van der Waals surface area contributed by atoms with Gasteiger partial charge < -0.3 is 10.5 Å². The molecule has 0 unspecified atom stereocenters. The molecule has 4 heteroatoms. The number of nitrogens with two attached hydrogens (primary N) is 1. The van der Waals surface area contributed by atoms with Gasteiger partial charge in [0, 0.05) is 11.4 Å². The number of rotatable bonds is 4. The molecule has 0 saturated carbocycles. The lowest BCUT2D eigenvalue weighted by Gasteiger charge is -2.04. The summed E-state index contributed by atoms with van der Waals surface area (Å²) in [4.78, 5) is 0.467. The highest BCUT2D eigenvalue weighted by molar-refractivity contribution is 7.80. The molecule has 0 spiro atoms. The Balaban J connectivity index is 2.37. The summed E-state index contributed by atoms with van der Waals surface area (Å²) in [5.74, 6) is 0.778. The summed E-state index contributed by atoms with van der Waals surface area (Å²) in [6.07, 6.45) is 0.595. The molecular formula is C9H10ClNOS. The maximum atomic E-state index is 5.70. The Kier molecular flexibility index (Phi) is 3.99. The second-order valence-corrected chi connectivity index (χ2v) is 3.48. The lowest BCUT2D eigenvalue weighted by atomic mass is 10.3. The summed E-state index contributed by atoms with van der Waals surface area (Å²) in [5.41, 5.74) is 5.31. The molecule has 0 atom stereocenters. The van der Waals surface area contributed by atoms with Gasteiger partial charge >= 0.3 is 0 Å². The van der Waals surface area contributed by atoms with E-state index in [0.717, 1.165) is 5.75 Å². The first-order valence-electron chi connectivity index (χ1n) is 3.85. The van der Waals surface area contributed by atoms with E-state index in [0.29, 0.717) is 23.0 Å². The lowest BCUT2D eigenvalue weighted by molar-refractivity contribution is 0.329. The van der Waals surface area contributed by atoms with Crippen molar-refractivity contribution in [1.29, 1.82) is 0 Å². The molecular weight excluding hydrogens is 206 g/mol. The third-order valence-electron chi connectivity index (χ3n) is 1.43. The molecule has 2 N–H and O–H groups in total. The molecule has 0 aliphatic rings. The van der Waals surface area contributed by atoms with Crippen molar-refractivity contribution in [3.8, 4) is 5.75 Å². The molecule has 0 aliphatic heterocycles. The van der Waals surface area contributed by atoms with Crippen LogP contribution in [-0.4, -0.2) is 11.6 Å². The highest BCUT2D eigenvalue weighted by Gasteiger charge is 1.94. The SMILES string of the molecule is NC(=S)CCOc1ccc(Cl)cc1. The van der Waals surface area contributed by atoms with E-state index in [1.54, 1.807) is 12.1 Å². The normalized spacial score (nSPS) is 9.62. The zero-order valence-electron chi connectivity index (χ0n) is 7.00. The fourth-order valence-electron chi connectivity index (χ4n) is 0.800. The Morgan fingerprint density at radius 2 is 2.00 bits per heavy atom. The smallest absolute Gasteiger partial charge is 0.119 e. The van der Waals surface area contributed by atoms with Crippen LogP contribution in [0.4, 0.5) is 0 Å². The average molecular weight is 216 g/mol. The van der Waals surface area contributed by atoms with Gasteiger partial charge in [-0.3, -0.25) is 0 Å². The molecule has 0 aromatic heterocycles. The van der Waals surface area contributed by atoms with Crippen molar-refractivity contribution in [2.45, 2.75) is 6.42 Å². The van der Waals surface area contributed by atoms with Gasteiger partial charge in [0.25, 0.3) is 0 Å². The standard InChI is InChI=1S/C9H10ClNOS/c10-7-1-3-8(4-2-7)12-6-5-9(11)13/h1-4H,5-6H2,(H2,11,13). The first-order valence-corrected chi connectivity index (χ1v) is 4.64. The third kappa shape index (κ3) is 4.10. The van der Waals surface area contributed by atoms with Gasteiger partial charge in [-0.2, -0.15) is 0 Å². The summed E-state index contributed by atoms with van der Waals surface area (Å²) in [6, 6.07) is 7.17. The maximum Gasteiger partial charge on any atom is 0.119 e. The quantitative estimate of drug-likeness (QED) is 0.784. The van der Waals surface area contributed by atoms with E-state index < -0.39 is 0 Å². The fraction of sp³-hybridized carbons (Fsp3) is 0.222. The van der Waals surface area contributed by atoms with Crippen LogP contribution in [0.2, 0.25) is 5.02 Å². The molecule has 0 radical (unpaired) electrons. The summed E-state index contributed by atoms with van der Waals surface area (Å²) < 4.78 is 5.35. The van der Waals surface area contributed by atoms with E-state index in [9.17, 15) is 0 Å². The van der Waals surface area contributed by atoms with E-state index >= 15 is 0 Å². The molecule has 1 aromatic rings. The first-order chi connectivity index (χ1) is 6.18. The largest absolute Gasteiger partial charge is 0.493 e. The van der Waals surface area contributed by atoms with Crippen molar-refractivity contribution in [3.63, 3.8) is 0 Å². The molecule has 1 rings (SSSR count). The topological polar surface area (TPSA) is 35.2 Å². The second kappa shape index (κ2) is 5.04. The molecule has 13 heavy (non-hydrogen) atoms. The minimum atomic E-state index is 0.467.